The molecule has 2 N–H and O–H groups in total. The Hall–Kier alpha value is -1.78. The molecule has 0 aliphatic rings. The maximum atomic E-state index is 9.41. The number of hydrogen-bond donors (Lipinski definition) is 2. The van der Waals surface area contributed by atoms with Crippen LogP contribution in [0, 0.1) is 5.41 Å². The maximum absolute atomic E-state index is 9.41. The summed E-state index contributed by atoms with van der Waals surface area (Å²) < 4.78 is 12.8. The van der Waals surface area contributed by atoms with Crippen LogP contribution in [0.5, 0.6) is 5.75 Å². The van der Waals surface area contributed by atoms with E-state index in [1.807, 2.05) is 18.2 Å². The standard InChI is InChI=1S/C24H29BO4Si.C4H9.Li/c1-24(2,3)23(18-28-20-12-10-11-19(17-20)25(26)27)29-30(21-13-6-4-7-14-21)22-15-8-5-9-16-22;1-3-4-2;/h4-17,23,26-27,30H,18H2,1-3H3;1,3-4H2,2H3;. The van der Waals surface area contributed by atoms with Gasteiger partial charge in [0.1, 0.15) is 12.4 Å². The number of unbranched alkanes of at least 4 members (excludes halogenated alkanes) is 1. The predicted octanol–water partition coefficient (Wildman–Crippen LogP) is 3.09. The van der Waals surface area contributed by atoms with E-state index >= 15 is 0 Å². The van der Waals surface area contributed by atoms with E-state index in [2.05, 4.69) is 93.9 Å². The number of rotatable bonds is 10. The van der Waals surface area contributed by atoms with Crippen molar-refractivity contribution in [3.05, 3.63) is 84.9 Å². The minimum absolute atomic E-state index is 0.136. The van der Waals surface area contributed by atoms with Gasteiger partial charge in [0.25, 0.3) is 0 Å². The Kier molecular flexibility index (Phi) is 12.9. The molecule has 182 valence electrons. The third-order valence-electron chi connectivity index (χ3n) is 5.74. The van der Waals surface area contributed by atoms with Crippen molar-refractivity contribution >= 4 is 49.7 Å². The van der Waals surface area contributed by atoms with Crippen LogP contribution in [0.15, 0.2) is 84.9 Å². The second-order valence-corrected chi connectivity index (χ2v) is 12.2. The van der Waals surface area contributed by atoms with Crippen molar-refractivity contribution in [2.75, 3.05) is 6.61 Å². The fourth-order valence-electron chi connectivity index (χ4n) is 3.55. The van der Waals surface area contributed by atoms with Gasteiger partial charge in [-0.1, -0.05) is 93.6 Å². The fraction of sp³-hybridized carbons (Fsp3) is 0.357. The summed E-state index contributed by atoms with van der Waals surface area (Å²) in [5.41, 5.74) is 0.268. The first-order valence-electron chi connectivity index (χ1n) is 12.6. The molecule has 35 heavy (non-hydrogen) atoms. The normalized spacial score (nSPS) is 12.0. The number of benzene rings is 3. The Labute approximate surface area is 222 Å². The van der Waals surface area contributed by atoms with Gasteiger partial charge in [0.05, 0.1) is 6.10 Å². The first-order valence-corrected chi connectivity index (χ1v) is 14.2. The molecule has 0 amide bonds. The summed E-state index contributed by atoms with van der Waals surface area (Å²) in [6.45, 7) is 9.03. The van der Waals surface area contributed by atoms with E-state index in [4.69, 9.17) is 9.16 Å². The van der Waals surface area contributed by atoms with Gasteiger partial charge in [0.2, 0.25) is 9.04 Å². The molecule has 0 aliphatic carbocycles. The van der Waals surface area contributed by atoms with Crippen molar-refractivity contribution in [2.45, 2.75) is 51.7 Å². The van der Waals surface area contributed by atoms with E-state index in [1.54, 1.807) is 18.2 Å². The Morgan fingerprint density at radius 2 is 1.46 bits per heavy atom. The Morgan fingerprint density at radius 1 is 0.886 bits per heavy atom. The Balaban J connectivity index is 0.000000784. The van der Waals surface area contributed by atoms with Crippen molar-refractivity contribution in [3.8, 4) is 5.75 Å². The van der Waals surface area contributed by atoms with Crippen molar-refractivity contribution in [1.82, 2.24) is 0 Å². The van der Waals surface area contributed by atoms with Crippen LogP contribution < -0.4 is 20.6 Å². The zero-order chi connectivity index (χ0) is 25.7. The quantitative estimate of drug-likeness (QED) is 0.435. The summed E-state index contributed by atoms with van der Waals surface area (Å²) in [5.74, 6) is 0.594. The van der Waals surface area contributed by atoms with Crippen molar-refractivity contribution in [2.24, 2.45) is 5.41 Å². The number of hydrogen-bond acceptors (Lipinski definition) is 4. The molecule has 0 aromatic heterocycles. The first-order chi connectivity index (χ1) is 16.8. The SMILES string of the molecule is CC(C)(C)C(COc1cccc(B(O)O)c1)O[SiH](c1ccccc1)c1ccccc1.[Li][CH2]CCC. The summed E-state index contributed by atoms with van der Waals surface area (Å²) in [4.78, 5) is 0. The first kappa shape index (κ1) is 29.4. The molecule has 7 heteroatoms. The third-order valence-corrected chi connectivity index (χ3v) is 8.32. The van der Waals surface area contributed by atoms with Gasteiger partial charge >= 0.3 is 49.7 Å². The van der Waals surface area contributed by atoms with Gasteiger partial charge in [0.15, 0.2) is 0 Å². The molecular weight excluding hydrogens is 446 g/mol. The van der Waals surface area contributed by atoms with E-state index in [1.165, 1.54) is 28.3 Å². The second kappa shape index (κ2) is 15.4. The average Bonchev–Trinajstić information content (AvgIpc) is 2.85. The zero-order valence-corrected chi connectivity index (χ0v) is 23.0. The molecule has 0 spiro atoms. The Bertz CT molecular complexity index is 926. The molecule has 1 atom stereocenters. The van der Waals surface area contributed by atoms with E-state index in [9.17, 15) is 10.0 Å². The van der Waals surface area contributed by atoms with Gasteiger partial charge < -0.3 is 19.2 Å². The van der Waals surface area contributed by atoms with E-state index < -0.39 is 16.2 Å². The van der Waals surface area contributed by atoms with E-state index in [-0.39, 0.29) is 11.5 Å². The van der Waals surface area contributed by atoms with Crippen molar-refractivity contribution in [1.29, 1.82) is 0 Å². The summed E-state index contributed by atoms with van der Waals surface area (Å²) >= 11 is 2.21. The molecule has 0 radical (unpaired) electrons. The minimum atomic E-state index is -1.92. The molecule has 0 saturated carbocycles. The van der Waals surface area contributed by atoms with Gasteiger partial charge in [-0.05, 0) is 33.4 Å². The average molecular weight is 484 g/mol. The van der Waals surface area contributed by atoms with Crippen LogP contribution in [0.25, 0.3) is 0 Å². The van der Waals surface area contributed by atoms with Gasteiger partial charge in [-0.25, -0.2) is 0 Å². The molecule has 0 heterocycles. The van der Waals surface area contributed by atoms with E-state index in [0.717, 1.165) is 0 Å². The molecule has 3 aromatic rings. The van der Waals surface area contributed by atoms with Crippen LogP contribution in [0.4, 0.5) is 0 Å². The molecule has 0 aliphatic heterocycles. The van der Waals surface area contributed by atoms with E-state index in [0.29, 0.717) is 17.8 Å². The van der Waals surface area contributed by atoms with Gasteiger partial charge in [-0.15, -0.1) is 0 Å². The van der Waals surface area contributed by atoms with Crippen LogP contribution in [-0.2, 0) is 4.43 Å². The Morgan fingerprint density at radius 3 is 1.89 bits per heavy atom. The molecule has 0 saturated heterocycles. The molecule has 0 fully saturated rings. The predicted molar refractivity (Wildman–Crippen MR) is 151 cm³/mol. The summed E-state index contributed by atoms with van der Waals surface area (Å²) in [6.07, 6.45) is 2.59. The number of ether oxygens (including phenoxy) is 1. The second-order valence-electron chi connectivity index (χ2n) is 9.80. The zero-order valence-electron chi connectivity index (χ0n) is 21.9. The summed E-state index contributed by atoms with van der Waals surface area (Å²) in [5, 5.41) is 22.6. The van der Waals surface area contributed by atoms with Crippen LogP contribution >= 0.6 is 0 Å². The summed E-state index contributed by atoms with van der Waals surface area (Å²) in [7, 11) is -3.44. The third kappa shape index (κ3) is 10.4. The molecule has 1 unspecified atom stereocenters. The van der Waals surface area contributed by atoms with Crippen LogP contribution in [0.2, 0.25) is 5.09 Å². The van der Waals surface area contributed by atoms with Gasteiger partial charge in [0, 0.05) is 0 Å². The fourth-order valence-corrected chi connectivity index (χ4v) is 6.21. The van der Waals surface area contributed by atoms with Crippen LogP contribution in [-0.4, -0.2) is 56.6 Å². The summed E-state index contributed by atoms with van der Waals surface area (Å²) in [6, 6.07) is 27.7. The van der Waals surface area contributed by atoms with Crippen molar-refractivity contribution in [3.63, 3.8) is 0 Å². The molecule has 4 nitrogen and oxygen atoms in total. The molecular formula is C28H38BLiO4Si. The van der Waals surface area contributed by atoms with Crippen LogP contribution in [0.3, 0.4) is 0 Å². The molecule has 3 rings (SSSR count). The topological polar surface area (TPSA) is 58.9 Å². The monoisotopic (exact) mass is 484 g/mol. The molecule has 3 aromatic carbocycles. The van der Waals surface area contributed by atoms with Crippen LogP contribution in [0.1, 0.15) is 40.5 Å². The van der Waals surface area contributed by atoms with Gasteiger partial charge in [-0.2, -0.15) is 0 Å². The van der Waals surface area contributed by atoms with Gasteiger partial charge in [-0.3, -0.25) is 0 Å². The molecule has 0 bridgehead atoms. The van der Waals surface area contributed by atoms with Crippen molar-refractivity contribution < 1.29 is 19.2 Å².